The van der Waals surface area contributed by atoms with Crippen LogP contribution in [0.2, 0.25) is 0 Å². The molecule has 0 aliphatic rings. The van der Waals surface area contributed by atoms with E-state index in [9.17, 15) is 4.79 Å². The van der Waals surface area contributed by atoms with E-state index < -0.39 is 0 Å². The zero-order valence-corrected chi connectivity index (χ0v) is 13.6. The Bertz CT molecular complexity index is 401. The van der Waals surface area contributed by atoms with Crippen LogP contribution in [0.5, 0.6) is 0 Å². The van der Waals surface area contributed by atoms with Gasteiger partial charge < -0.3 is 4.74 Å². The van der Waals surface area contributed by atoms with Crippen molar-refractivity contribution in [2.75, 3.05) is 6.61 Å². The Morgan fingerprint density at radius 2 is 2.11 bits per heavy atom. The van der Waals surface area contributed by atoms with Crippen LogP contribution in [0.15, 0.2) is 28.7 Å². The molecule has 0 N–H and O–H groups in total. The van der Waals surface area contributed by atoms with Gasteiger partial charge in [0, 0.05) is 4.47 Å². The van der Waals surface area contributed by atoms with Crippen LogP contribution in [-0.4, -0.2) is 12.6 Å². The third kappa shape index (κ3) is 6.24. The summed E-state index contributed by atoms with van der Waals surface area (Å²) >= 11 is 3.48. The largest absolute Gasteiger partial charge is 0.465 e. The molecule has 0 aliphatic carbocycles. The number of hydrogen-bond acceptors (Lipinski definition) is 2. The maximum absolute atomic E-state index is 11.9. The minimum Gasteiger partial charge on any atom is -0.465 e. The third-order valence-electron chi connectivity index (χ3n) is 2.95. The maximum Gasteiger partial charge on any atom is 0.306 e. The second-order valence-electron chi connectivity index (χ2n) is 5.32. The monoisotopic (exact) mass is 326 g/mol. The van der Waals surface area contributed by atoms with Crippen LogP contribution in [0.4, 0.5) is 0 Å². The molecule has 0 saturated carbocycles. The molecule has 2 nitrogen and oxygen atoms in total. The first kappa shape index (κ1) is 16.2. The summed E-state index contributed by atoms with van der Waals surface area (Å²) in [6.07, 6.45) is 2.54. The molecule has 0 fully saturated rings. The number of halogens is 1. The predicted octanol–water partition coefficient (Wildman–Crippen LogP) is 4.92. The fourth-order valence-corrected chi connectivity index (χ4v) is 2.43. The van der Waals surface area contributed by atoms with E-state index in [4.69, 9.17) is 4.74 Å². The van der Waals surface area contributed by atoms with Gasteiger partial charge in [0.15, 0.2) is 0 Å². The van der Waals surface area contributed by atoms with Gasteiger partial charge in [-0.15, -0.1) is 0 Å². The highest BCUT2D eigenvalue weighted by Crippen LogP contribution is 2.27. The molecule has 1 aromatic rings. The van der Waals surface area contributed by atoms with Crippen molar-refractivity contribution in [2.24, 2.45) is 5.92 Å². The fourth-order valence-electron chi connectivity index (χ4n) is 2.02. The van der Waals surface area contributed by atoms with E-state index in [0.29, 0.717) is 18.9 Å². The van der Waals surface area contributed by atoms with Crippen molar-refractivity contribution < 1.29 is 9.53 Å². The average Bonchev–Trinajstić information content (AvgIpc) is 2.36. The lowest BCUT2D eigenvalue weighted by atomic mass is 9.91. The number of esters is 1. The van der Waals surface area contributed by atoms with Crippen molar-refractivity contribution in [1.82, 2.24) is 0 Å². The molecule has 0 saturated heterocycles. The quantitative estimate of drug-likeness (QED) is 0.664. The van der Waals surface area contributed by atoms with Gasteiger partial charge in [0.1, 0.15) is 0 Å². The SMILES string of the molecule is CCCC(CC(=O)OCC(C)C)c1cccc(Br)c1. The molecule has 1 unspecified atom stereocenters. The second-order valence-corrected chi connectivity index (χ2v) is 6.24. The Morgan fingerprint density at radius 1 is 1.37 bits per heavy atom. The highest BCUT2D eigenvalue weighted by Gasteiger charge is 2.16. The van der Waals surface area contributed by atoms with Gasteiger partial charge in [-0.2, -0.15) is 0 Å². The van der Waals surface area contributed by atoms with E-state index >= 15 is 0 Å². The summed E-state index contributed by atoms with van der Waals surface area (Å²) in [6.45, 7) is 6.75. The molecule has 0 bridgehead atoms. The number of benzene rings is 1. The van der Waals surface area contributed by atoms with Gasteiger partial charge in [0.2, 0.25) is 0 Å². The number of hydrogen-bond donors (Lipinski definition) is 0. The van der Waals surface area contributed by atoms with Crippen molar-refractivity contribution in [2.45, 2.75) is 46.0 Å². The summed E-state index contributed by atoms with van der Waals surface area (Å²) in [5, 5.41) is 0. The van der Waals surface area contributed by atoms with Crippen LogP contribution in [0, 0.1) is 5.92 Å². The van der Waals surface area contributed by atoms with Crippen molar-refractivity contribution in [3.05, 3.63) is 34.3 Å². The molecule has 19 heavy (non-hydrogen) atoms. The van der Waals surface area contributed by atoms with Gasteiger partial charge in [-0.3, -0.25) is 4.79 Å². The average molecular weight is 327 g/mol. The smallest absolute Gasteiger partial charge is 0.306 e. The molecule has 1 rings (SSSR count). The number of carbonyl (C=O) groups excluding carboxylic acids is 1. The Labute approximate surface area is 124 Å². The molecular weight excluding hydrogens is 304 g/mol. The van der Waals surface area contributed by atoms with E-state index in [-0.39, 0.29) is 11.9 Å². The molecule has 0 amide bonds. The summed E-state index contributed by atoms with van der Waals surface area (Å²) in [7, 11) is 0. The molecule has 0 aliphatic heterocycles. The van der Waals surface area contributed by atoms with Crippen LogP contribution < -0.4 is 0 Å². The first-order valence-electron chi connectivity index (χ1n) is 6.94. The summed E-state index contributed by atoms with van der Waals surface area (Å²) in [5.74, 6) is 0.550. The van der Waals surface area contributed by atoms with E-state index in [0.717, 1.165) is 17.3 Å². The standard InChI is InChI=1S/C16H23BrO2/c1-4-6-13(10-16(18)19-11-12(2)3)14-7-5-8-15(17)9-14/h5,7-9,12-13H,4,6,10-11H2,1-3H3. The lowest BCUT2D eigenvalue weighted by molar-refractivity contribution is -0.145. The normalized spacial score (nSPS) is 12.5. The van der Waals surface area contributed by atoms with Crippen molar-refractivity contribution in [3.63, 3.8) is 0 Å². The first-order valence-corrected chi connectivity index (χ1v) is 7.73. The van der Waals surface area contributed by atoms with Crippen LogP contribution in [-0.2, 0) is 9.53 Å². The lowest BCUT2D eigenvalue weighted by Gasteiger charge is -2.17. The lowest BCUT2D eigenvalue weighted by Crippen LogP contribution is -2.13. The fraction of sp³-hybridized carbons (Fsp3) is 0.562. The van der Waals surface area contributed by atoms with Gasteiger partial charge >= 0.3 is 5.97 Å². The Kier molecular flexibility index (Phi) is 7.14. The van der Waals surface area contributed by atoms with Crippen molar-refractivity contribution in [3.8, 4) is 0 Å². The predicted molar refractivity (Wildman–Crippen MR) is 82.2 cm³/mol. The van der Waals surface area contributed by atoms with Crippen LogP contribution >= 0.6 is 15.9 Å². The highest BCUT2D eigenvalue weighted by molar-refractivity contribution is 9.10. The minimum absolute atomic E-state index is 0.0906. The first-order chi connectivity index (χ1) is 9.02. The van der Waals surface area contributed by atoms with Gasteiger partial charge in [0.05, 0.1) is 13.0 Å². The summed E-state index contributed by atoms with van der Waals surface area (Å²) < 4.78 is 6.34. The minimum atomic E-state index is -0.0906. The number of rotatable bonds is 7. The maximum atomic E-state index is 11.9. The second kappa shape index (κ2) is 8.36. The summed E-state index contributed by atoms with van der Waals surface area (Å²) in [5.41, 5.74) is 1.21. The number of carbonyl (C=O) groups is 1. The summed E-state index contributed by atoms with van der Waals surface area (Å²) in [4.78, 5) is 11.9. The molecule has 0 aromatic heterocycles. The Balaban J connectivity index is 2.65. The van der Waals surface area contributed by atoms with Gasteiger partial charge in [-0.25, -0.2) is 0 Å². The molecule has 1 aromatic carbocycles. The van der Waals surface area contributed by atoms with E-state index in [1.165, 1.54) is 5.56 Å². The van der Waals surface area contributed by atoms with E-state index in [1.54, 1.807) is 0 Å². The van der Waals surface area contributed by atoms with Gasteiger partial charge in [-0.1, -0.05) is 55.3 Å². The molecule has 3 heteroatoms. The van der Waals surface area contributed by atoms with Crippen molar-refractivity contribution in [1.29, 1.82) is 0 Å². The van der Waals surface area contributed by atoms with Gasteiger partial charge in [-0.05, 0) is 36.0 Å². The number of ether oxygens (including phenoxy) is 1. The van der Waals surface area contributed by atoms with Crippen LogP contribution in [0.1, 0.15) is 51.5 Å². The van der Waals surface area contributed by atoms with Crippen LogP contribution in [0.25, 0.3) is 0 Å². The molecule has 0 heterocycles. The summed E-state index contributed by atoms with van der Waals surface area (Å²) in [6, 6.07) is 8.20. The highest BCUT2D eigenvalue weighted by atomic mass is 79.9. The van der Waals surface area contributed by atoms with E-state index in [1.807, 2.05) is 26.0 Å². The zero-order chi connectivity index (χ0) is 14.3. The molecule has 0 spiro atoms. The Hall–Kier alpha value is -0.830. The topological polar surface area (TPSA) is 26.3 Å². The zero-order valence-electron chi connectivity index (χ0n) is 12.0. The van der Waals surface area contributed by atoms with E-state index in [2.05, 4.69) is 35.0 Å². The molecule has 0 radical (unpaired) electrons. The molecule has 1 atom stereocenters. The molecular formula is C16H23BrO2. The Morgan fingerprint density at radius 3 is 2.68 bits per heavy atom. The third-order valence-corrected chi connectivity index (χ3v) is 3.44. The van der Waals surface area contributed by atoms with Gasteiger partial charge in [0.25, 0.3) is 0 Å². The molecule has 106 valence electrons. The van der Waals surface area contributed by atoms with Crippen molar-refractivity contribution >= 4 is 21.9 Å². The van der Waals surface area contributed by atoms with Crippen LogP contribution in [0.3, 0.4) is 0 Å².